The summed E-state index contributed by atoms with van der Waals surface area (Å²) in [5.74, 6) is -0.940. The van der Waals surface area contributed by atoms with Gasteiger partial charge in [0, 0.05) is 11.6 Å². The fraction of sp³-hybridized carbons (Fsp3) is 0.222. The molecule has 1 amide bonds. The van der Waals surface area contributed by atoms with E-state index in [9.17, 15) is 4.79 Å². The number of halogens is 1. The smallest absolute Gasteiger partial charge is 0.226 e. The molecule has 0 aliphatic heterocycles. The minimum Gasteiger partial charge on any atom is -0.369 e. The summed E-state index contributed by atoms with van der Waals surface area (Å²) in [5, 5.41) is 0.525. The van der Waals surface area contributed by atoms with Crippen molar-refractivity contribution < 1.29 is 4.79 Å². The number of nitrogens with two attached hydrogens (primary N) is 2. The first-order valence-electron chi connectivity index (χ1n) is 3.90. The van der Waals surface area contributed by atoms with Gasteiger partial charge >= 0.3 is 0 Å². The first-order valence-corrected chi connectivity index (χ1v) is 4.28. The van der Waals surface area contributed by atoms with E-state index in [0.717, 1.165) is 0 Å². The molecule has 0 aliphatic carbocycles. The molecule has 1 atom stereocenters. The second-order valence-corrected chi connectivity index (χ2v) is 3.12. The first-order chi connectivity index (χ1) is 6.16. The Bertz CT molecular complexity index is 314. The van der Waals surface area contributed by atoms with Crippen LogP contribution in [0.1, 0.15) is 11.5 Å². The summed E-state index contributed by atoms with van der Waals surface area (Å²) < 4.78 is 0. The van der Waals surface area contributed by atoms with E-state index in [-0.39, 0.29) is 6.54 Å². The molecule has 1 aromatic carbocycles. The van der Waals surface area contributed by atoms with Crippen LogP contribution >= 0.6 is 11.6 Å². The lowest BCUT2D eigenvalue weighted by Crippen LogP contribution is -2.28. The topological polar surface area (TPSA) is 69.1 Å². The molecule has 0 fully saturated rings. The van der Waals surface area contributed by atoms with Gasteiger partial charge in [0.15, 0.2) is 0 Å². The van der Waals surface area contributed by atoms with E-state index in [1.807, 2.05) is 0 Å². The lowest BCUT2D eigenvalue weighted by molar-refractivity contribution is -0.119. The van der Waals surface area contributed by atoms with Crippen LogP contribution in [0.25, 0.3) is 0 Å². The Morgan fingerprint density at radius 1 is 1.46 bits per heavy atom. The van der Waals surface area contributed by atoms with E-state index >= 15 is 0 Å². The van der Waals surface area contributed by atoms with Gasteiger partial charge in [-0.05, 0) is 11.6 Å². The molecule has 1 rings (SSSR count). The average molecular weight is 199 g/mol. The molecular weight excluding hydrogens is 188 g/mol. The molecule has 0 saturated heterocycles. The van der Waals surface area contributed by atoms with Crippen molar-refractivity contribution >= 4 is 17.5 Å². The van der Waals surface area contributed by atoms with Gasteiger partial charge in [-0.1, -0.05) is 29.8 Å². The number of carbonyl (C=O) groups excluding carboxylic acids is 1. The summed E-state index contributed by atoms with van der Waals surface area (Å²) in [4.78, 5) is 11.0. The Morgan fingerprint density at radius 2 is 2.08 bits per heavy atom. The zero-order valence-electron chi connectivity index (χ0n) is 7.03. The molecule has 0 aliphatic rings. The van der Waals surface area contributed by atoms with Crippen LogP contribution in [0.3, 0.4) is 0 Å². The lowest BCUT2D eigenvalue weighted by Gasteiger charge is -2.12. The number of hydrogen-bond donors (Lipinski definition) is 2. The molecule has 4 N–H and O–H groups in total. The van der Waals surface area contributed by atoms with Gasteiger partial charge in [-0.15, -0.1) is 0 Å². The highest BCUT2D eigenvalue weighted by molar-refractivity contribution is 6.31. The Labute approximate surface area is 81.7 Å². The molecule has 1 aromatic rings. The van der Waals surface area contributed by atoms with Crippen molar-refractivity contribution in [2.45, 2.75) is 5.92 Å². The van der Waals surface area contributed by atoms with Gasteiger partial charge in [0.05, 0.1) is 5.92 Å². The molecule has 0 spiro atoms. The van der Waals surface area contributed by atoms with Gasteiger partial charge < -0.3 is 11.5 Å². The predicted molar refractivity (Wildman–Crippen MR) is 52.4 cm³/mol. The largest absolute Gasteiger partial charge is 0.369 e. The van der Waals surface area contributed by atoms with Gasteiger partial charge in [0.1, 0.15) is 0 Å². The predicted octanol–water partition coefficient (Wildman–Crippen LogP) is 0.868. The van der Waals surface area contributed by atoms with Crippen molar-refractivity contribution in [1.29, 1.82) is 0 Å². The Hall–Kier alpha value is -1.06. The Morgan fingerprint density at radius 3 is 2.54 bits per heavy atom. The number of amides is 1. The molecule has 4 heteroatoms. The zero-order chi connectivity index (χ0) is 9.84. The highest BCUT2D eigenvalue weighted by Crippen LogP contribution is 2.23. The number of carbonyl (C=O) groups is 1. The molecular formula is C9H11ClN2O. The molecule has 1 unspecified atom stereocenters. The maximum absolute atomic E-state index is 11.0. The van der Waals surface area contributed by atoms with E-state index in [1.54, 1.807) is 24.3 Å². The first kappa shape index (κ1) is 10.0. The van der Waals surface area contributed by atoms with Crippen LogP contribution < -0.4 is 11.5 Å². The second kappa shape index (κ2) is 4.25. The van der Waals surface area contributed by atoms with Crippen molar-refractivity contribution in [3.8, 4) is 0 Å². The summed E-state index contributed by atoms with van der Waals surface area (Å²) in [6.07, 6.45) is 0. The van der Waals surface area contributed by atoms with E-state index in [0.29, 0.717) is 10.6 Å². The molecule has 0 aromatic heterocycles. The molecule has 3 nitrogen and oxygen atoms in total. The quantitative estimate of drug-likeness (QED) is 0.757. The summed E-state index contributed by atoms with van der Waals surface area (Å²) in [6, 6.07) is 7.06. The van der Waals surface area contributed by atoms with Crippen molar-refractivity contribution in [3.05, 3.63) is 34.9 Å². The highest BCUT2D eigenvalue weighted by atomic mass is 35.5. The number of benzene rings is 1. The Balaban J connectivity index is 3.04. The van der Waals surface area contributed by atoms with Gasteiger partial charge in [-0.25, -0.2) is 0 Å². The Kier molecular flexibility index (Phi) is 3.28. The van der Waals surface area contributed by atoms with E-state index in [1.165, 1.54) is 0 Å². The number of primary amides is 1. The highest BCUT2D eigenvalue weighted by Gasteiger charge is 2.17. The van der Waals surface area contributed by atoms with Crippen LogP contribution in [-0.2, 0) is 4.79 Å². The molecule has 0 heterocycles. The maximum atomic E-state index is 11.0. The molecule has 70 valence electrons. The third-order valence-electron chi connectivity index (χ3n) is 1.86. The SMILES string of the molecule is NCC(C(N)=O)c1ccccc1Cl. The second-order valence-electron chi connectivity index (χ2n) is 2.71. The number of hydrogen-bond acceptors (Lipinski definition) is 2. The minimum absolute atomic E-state index is 0.180. The van der Waals surface area contributed by atoms with Crippen LogP contribution in [0.5, 0.6) is 0 Å². The lowest BCUT2D eigenvalue weighted by atomic mass is 9.99. The molecule has 13 heavy (non-hydrogen) atoms. The average Bonchev–Trinajstić information content (AvgIpc) is 2.09. The van der Waals surface area contributed by atoms with Crippen molar-refractivity contribution in [1.82, 2.24) is 0 Å². The van der Waals surface area contributed by atoms with Gasteiger partial charge in [-0.3, -0.25) is 4.79 Å². The molecule has 0 radical (unpaired) electrons. The third-order valence-corrected chi connectivity index (χ3v) is 2.20. The van der Waals surface area contributed by atoms with Gasteiger partial charge in [0.2, 0.25) is 5.91 Å². The summed E-state index contributed by atoms with van der Waals surface area (Å²) >= 11 is 5.88. The van der Waals surface area contributed by atoms with Crippen molar-refractivity contribution in [2.24, 2.45) is 11.5 Å². The van der Waals surface area contributed by atoms with Crippen molar-refractivity contribution in [2.75, 3.05) is 6.54 Å². The van der Waals surface area contributed by atoms with Crippen LogP contribution in [-0.4, -0.2) is 12.5 Å². The summed E-state index contributed by atoms with van der Waals surface area (Å²) in [7, 11) is 0. The van der Waals surface area contributed by atoms with Crippen LogP contribution in [0, 0.1) is 0 Å². The van der Waals surface area contributed by atoms with E-state index < -0.39 is 11.8 Å². The van der Waals surface area contributed by atoms with Gasteiger partial charge in [0.25, 0.3) is 0 Å². The molecule has 0 bridgehead atoms. The molecule has 0 saturated carbocycles. The fourth-order valence-electron chi connectivity index (χ4n) is 1.15. The van der Waals surface area contributed by atoms with Crippen LogP contribution in [0.4, 0.5) is 0 Å². The van der Waals surface area contributed by atoms with E-state index in [2.05, 4.69) is 0 Å². The van der Waals surface area contributed by atoms with Gasteiger partial charge in [-0.2, -0.15) is 0 Å². The maximum Gasteiger partial charge on any atom is 0.226 e. The fourth-order valence-corrected chi connectivity index (χ4v) is 1.42. The standard InChI is InChI=1S/C9H11ClN2O/c10-8-4-2-1-3-6(8)7(5-11)9(12)13/h1-4,7H,5,11H2,(H2,12,13). The minimum atomic E-state index is -0.492. The summed E-state index contributed by atoms with van der Waals surface area (Å²) in [5.41, 5.74) is 11.3. The third kappa shape index (κ3) is 2.20. The normalized spacial score (nSPS) is 12.5. The van der Waals surface area contributed by atoms with Crippen LogP contribution in [0.15, 0.2) is 24.3 Å². The van der Waals surface area contributed by atoms with E-state index in [4.69, 9.17) is 23.1 Å². The number of rotatable bonds is 3. The summed E-state index contributed by atoms with van der Waals surface area (Å²) in [6.45, 7) is 0.180. The van der Waals surface area contributed by atoms with Crippen molar-refractivity contribution in [3.63, 3.8) is 0 Å². The van der Waals surface area contributed by atoms with Crippen LogP contribution in [0.2, 0.25) is 5.02 Å². The monoisotopic (exact) mass is 198 g/mol. The zero-order valence-corrected chi connectivity index (χ0v) is 7.79.